The number of fused-ring (bicyclic) bond motifs is 1. The molecule has 3 aromatic rings. The maximum Gasteiger partial charge on any atom is 0.338 e. The molecule has 1 aromatic heterocycles. The van der Waals surface area contributed by atoms with Crippen LogP contribution in [0.25, 0.3) is 0 Å². The Labute approximate surface area is 190 Å². The average Bonchev–Trinajstić information content (AvgIpc) is 3.39. The number of nitrogens with zero attached hydrogens (tertiary/aromatic N) is 1. The van der Waals surface area contributed by atoms with Crippen LogP contribution in [0.2, 0.25) is 0 Å². The maximum atomic E-state index is 12.7. The number of carbonyl (C=O) groups excluding carboxylic acids is 4. The van der Waals surface area contributed by atoms with Crippen LogP contribution >= 0.6 is 0 Å². The van der Waals surface area contributed by atoms with E-state index in [1.807, 2.05) is 32.0 Å². The normalized spacial score (nSPS) is 13.6. The highest BCUT2D eigenvalue weighted by molar-refractivity contribution is 6.21. The van der Waals surface area contributed by atoms with Crippen molar-refractivity contribution in [2.45, 2.75) is 33.4 Å². The van der Waals surface area contributed by atoms with Gasteiger partial charge >= 0.3 is 5.97 Å². The van der Waals surface area contributed by atoms with Gasteiger partial charge in [-0.1, -0.05) is 12.1 Å². The highest BCUT2D eigenvalue weighted by Gasteiger charge is 2.36. The third kappa shape index (κ3) is 4.41. The van der Waals surface area contributed by atoms with Crippen LogP contribution in [0.5, 0.6) is 0 Å². The van der Waals surface area contributed by atoms with Crippen LogP contribution < -0.4 is 5.32 Å². The number of nitrogens with one attached hydrogen (secondary N) is 1. The van der Waals surface area contributed by atoms with Crippen LogP contribution in [-0.2, 0) is 16.1 Å². The van der Waals surface area contributed by atoms with Crippen LogP contribution in [0.3, 0.4) is 0 Å². The van der Waals surface area contributed by atoms with Gasteiger partial charge in [0.05, 0.1) is 29.5 Å². The highest BCUT2D eigenvalue weighted by atomic mass is 16.5. The summed E-state index contributed by atoms with van der Waals surface area (Å²) in [5, 5.41) is 2.76. The molecule has 0 saturated heterocycles. The molecule has 1 N–H and O–H groups in total. The van der Waals surface area contributed by atoms with Crippen molar-refractivity contribution in [3.05, 3.63) is 88.4 Å². The lowest BCUT2D eigenvalue weighted by Crippen LogP contribution is -2.30. The van der Waals surface area contributed by atoms with Crippen molar-refractivity contribution < 1.29 is 28.3 Å². The second kappa shape index (κ2) is 8.74. The Morgan fingerprint density at radius 2 is 1.79 bits per heavy atom. The number of ether oxygens (including phenoxy) is 1. The summed E-state index contributed by atoms with van der Waals surface area (Å²) >= 11 is 0. The first kappa shape index (κ1) is 22.0. The number of amides is 3. The minimum absolute atomic E-state index is 0.00525. The summed E-state index contributed by atoms with van der Waals surface area (Å²) in [7, 11) is 0. The van der Waals surface area contributed by atoms with E-state index in [-0.39, 0.29) is 23.2 Å². The summed E-state index contributed by atoms with van der Waals surface area (Å²) < 4.78 is 10.5. The van der Waals surface area contributed by atoms with Gasteiger partial charge in [0.1, 0.15) is 5.76 Å². The molecule has 2 aromatic carbocycles. The molecule has 1 aliphatic heterocycles. The first-order valence-electron chi connectivity index (χ1n) is 10.4. The molecule has 3 amide bonds. The molecule has 1 aliphatic rings. The minimum atomic E-state index is -1.07. The van der Waals surface area contributed by atoms with E-state index in [2.05, 4.69) is 5.32 Å². The number of benzene rings is 2. The zero-order chi connectivity index (χ0) is 23.7. The summed E-state index contributed by atoms with van der Waals surface area (Å²) in [5.41, 5.74) is 2.88. The number of furan rings is 1. The molecular weight excluding hydrogens is 424 g/mol. The second-order valence-corrected chi connectivity index (χ2v) is 7.89. The molecule has 0 bridgehead atoms. The third-order valence-corrected chi connectivity index (χ3v) is 5.40. The minimum Gasteiger partial charge on any atom is -0.467 e. The summed E-state index contributed by atoms with van der Waals surface area (Å²) in [6.07, 6.45) is 0.387. The smallest absolute Gasteiger partial charge is 0.338 e. The van der Waals surface area contributed by atoms with Gasteiger partial charge in [-0.15, -0.1) is 0 Å². The summed E-state index contributed by atoms with van der Waals surface area (Å²) in [5.74, 6) is -1.78. The van der Waals surface area contributed by atoms with E-state index in [0.717, 1.165) is 16.0 Å². The van der Waals surface area contributed by atoms with E-state index in [1.165, 1.54) is 31.4 Å². The van der Waals surface area contributed by atoms with E-state index < -0.39 is 29.8 Å². The number of aryl methyl sites for hydroxylation is 2. The first-order valence-corrected chi connectivity index (χ1v) is 10.4. The molecule has 0 saturated carbocycles. The summed E-state index contributed by atoms with van der Waals surface area (Å²) in [4.78, 5) is 51.6. The Morgan fingerprint density at radius 1 is 1.03 bits per heavy atom. The van der Waals surface area contributed by atoms with Gasteiger partial charge in [-0.25, -0.2) is 4.79 Å². The van der Waals surface area contributed by atoms with Gasteiger partial charge < -0.3 is 14.5 Å². The monoisotopic (exact) mass is 446 g/mol. The van der Waals surface area contributed by atoms with Crippen LogP contribution in [0.1, 0.15) is 54.9 Å². The van der Waals surface area contributed by atoms with E-state index in [1.54, 1.807) is 12.1 Å². The van der Waals surface area contributed by atoms with Gasteiger partial charge in [-0.2, -0.15) is 0 Å². The molecule has 2 heterocycles. The number of carbonyl (C=O) groups is 4. The Morgan fingerprint density at radius 3 is 2.52 bits per heavy atom. The number of imide groups is 1. The second-order valence-electron chi connectivity index (χ2n) is 7.89. The van der Waals surface area contributed by atoms with E-state index in [9.17, 15) is 19.2 Å². The number of esters is 1. The van der Waals surface area contributed by atoms with Crippen LogP contribution in [0.15, 0.2) is 59.2 Å². The van der Waals surface area contributed by atoms with Crippen molar-refractivity contribution in [2.24, 2.45) is 0 Å². The van der Waals surface area contributed by atoms with Crippen molar-refractivity contribution in [2.75, 3.05) is 5.32 Å². The molecule has 8 heteroatoms. The lowest BCUT2D eigenvalue weighted by Gasteiger charge is -2.15. The van der Waals surface area contributed by atoms with Gasteiger partial charge in [0.15, 0.2) is 6.10 Å². The predicted octanol–water partition coefficient (Wildman–Crippen LogP) is 3.88. The number of hydrogen-bond acceptors (Lipinski definition) is 6. The first-order chi connectivity index (χ1) is 15.7. The zero-order valence-corrected chi connectivity index (χ0v) is 18.4. The van der Waals surface area contributed by atoms with Crippen molar-refractivity contribution in [3.8, 4) is 0 Å². The van der Waals surface area contributed by atoms with Gasteiger partial charge in [0, 0.05) is 5.69 Å². The lowest BCUT2D eigenvalue weighted by molar-refractivity contribution is -0.123. The fourth-order valence-electron chi connectivity index (χ4n) is 3.51. The Balaban J connectivity index is 1.45. The SMILES string of the molecule is Cc1ccc(C)c(NC(=O)C(C)OC(=O)c2ccc3c(c2)C(=O)N(Cc2ccco2)C3=O)c1. The molecular formula is C25H22N2O6. The van der Waals surface area contributed by atoms with Gasteiger partial charge in [0.2, 0.25) is 0 Å². The molecule has 0 fully saturated rings. The standard InChI is InChI=1S/C25H22N2O6/c1-14-6-7-15(2)21(11-14)26-22(28)16(3)33-25(31)17-8-9-19-20(12-17)24(30)27(23(19)29)13-18-5-4-10-32-18/h4-12,16H,13H2,1-3H3,(H,26,28). The Hall–Kier alpha value is -4.20. The molecule has 1 atom stereocenters. The zero-order valence-electron chi connectivity index (χ0n) is 18.4. The summed E-state index contributed by atoms with van der Waals surface area (Å²) in [6.45, 7) is 5.23. The van der Waals surface area contributed by atoms with Crippen LogP contribution in [0.4, 0.5) is 5.69 Å². The largest absolute Gasteiger partial charge is 0.467 e. The molecule has 0 spiro atoms. The average molecular weight is 446 g/mol. The topological polar surface area (TPSA) is 106 Å². The van der Waals surface area contributed by atoms with E-state index in [4.69, 9.17) is 9.15 Å². The lowest BCUT2D eigenvalue weighted by atomic mass is 10.1. The van der Waals surface area contributed by atoms with Crippen molar-refractivity contribution in [1.29, 1.82) is 0 Å². The number of anilines is 1. The molecule has 0 radical (unpaired) electrons. The van der Waals surface area contributed by atoms with Crippen molar-refractivity contribution in [3.63, 3.8) is 0 Å². The summed E-state index contributed by atoms with van der Waals surface area (Å²) in [6, 6.07) is 13.1. The fourth-order valence-corrected chi connectivity index (χ4v) is 3.51. The van der Waals surface area contributed by atoms with Crippen molar-refractivity contribution in [1.82, 2.24) is 4.90 Å². The third-order valence-electron chi connectivity index (χ3n) is 5.40. The molecule has 8 nitrogen and oxygen atoms in total. The maximum absolute atomic E-state index is 12.7. The van der Waals surface area contributed by atoms with E-state index in [0.29, 0.717) is 11.4 Å². The van der Waals surface area contributed by atoms with Crippen LogP contribution in [-0.4, -0.2) is 34.7 Å². The van der Waals surface area contributed by atoms with Crippen molar-refractivity contribution >= 4 is 29.4 Å². The van der Waals surface area contributed by atoms with E-state index >= 15 is 0 Å². The Bertz CT molecular complexity index is 1260. The van der Waals surface area contributed by atoms with Crippen LogP contribution in [0, 0.1) is 13.8 Å². The molecule has 1 unspecified atom stereocenters. The fraction of sp³-hybridized carbons (Fsp3) is 0.200. The number of hydrogen-bond donors (Lipinski definition) is 1. The van der Waals surface area contributed by atoms with Gasteiger partial charge in [-0.05, 0) is 68.3 Å². The molecule has 0 aliphatic carbocycles. The highest BCUT2D eigenvalue weighted by Crippen LogP contribution is 2.26. The molecule has 168 valence electrons. The molecule has 33 heavy (non-hydrogen) atoms. The van der Waals surface area contributed by atoms with Gasteiger partial charge in [-0.3, -0.25) is 19.3 Å². The van der Waals surface area contributed by atoms with Gasteiger partial charge in [0.25, 0.3) is 17.7 Å². The Kier molecular flexibility index (Phi) is 5.83. The number of rotatable bonds is 6. The molecule has 4 rings (SSSR count). The quantitative estimate of drug-likeness (QED) is 0.455. The predicted molar refractivity (Wildman–Crippen MR) is 119 cm³/mol.